The average molecular weight is 275 g/mol. The molecule has 0 saturated heterocycles. The SMILES string of the molecule is Cc1ccc(-n2c(C)c(C(=O)O)c(C)cc2=O)c(F)c1. The lowest BCUT2D eigenvalue weighted by atomic mass is 10.1. The number of rotatable bonds is 2. The lowest BCUT2D eigenvalue weighted by Gasteiger charge is -2.15. The van der Waals surface area contributed by atoms with E-state index in [2.05, 4.69) is 0 Å². The van der Waals surface area contributed by atoms with Crippen molar-refractivity contribution in [3.05, 3.63) is 62.8 Å². The maximum absolute atomic E-state index is 14.0. The summed E-state index contributed by atoms with van der Waals surface area (Å²) in [4.78, 5) is 23.3. The number of hydrogen-bond acceptors (Lipinski definition) is 2. The summed E-state index contributed by atoms with van der Waals surface area (Å²) in [5, 5.41) is 9.21. The van der Waals surface area contributed by atoms with Crippen molar-refractivity contribution in [2.75, 3.05) is 0 Å². The van der Waals surface area contributed by atoms with Crippen LogP contribution in [0.3, 0.4) is 0 Å². The van der Waals surface area contributed by atoms with Gasteiger partial charge in [-0.2, -0.15) is 0 Å². The van der Waals surface area contributed by atoms with Crippen molar-refractivity contribution >= 4 is 5.97 Å². The third kappa shape index (κ3) is 2.22. The summed E-state index contributed by atoms with van der Waals surface area (Å²) >= 11 is 0. The van der Waals surface area contributed by atoms with Crippen molar-refractivity contribution < 1.29 is 14.3 Å². The Morgan fingerprint density at radius 3 is 2.40 bits per heavy atom. The molecular formula is C15H14FNO3. The van der Waals surface area contributed by atoms with Gasteiger partial charge < -0.3 is 5.11 Å². The highest BCUT2D eigenvalue weighted by Gasteiger charge is 2.18. The van der Waals surface area contributed by atoms with Gasteiger partial charge in [-0.3, -0.25) is 9.36 Å². The van der Waals surface area contributed by atoms with Gasteiger partial charge in [-0.1, -0.05) is 6.07 Å². The number of aromatic carboxylic acids is 1. The van der Waals surface area contributed by atoms with E-state index in [0.717, 1.165) is 10.1 Å². The molecule has 1 aromatic carbocycles. The average Bonchev–Trinajstić information content (AvgIpc) is 2.30. The van der Waals surface area contributed by atoms with Crippen LogP contribution in [0.25, 0.3) is 5.69 Å². The Morgan fingerprint density at radius 1 is 1.20 bits per heavy atom. The topological polar surface area (TPSA) is 59.3 Å². The van der Waals surface area contributed by atoms with Crippen LogP contribution >= 0.6 is 0 Å². The second kappa shape index (κ2) is 4.92. The van der Waals surface area contributed by atoms with E-state index in [1.165, 1.54) is 25.1 Å². The minimum atomic E-state index is -1.14. The van der Waals surface area contributed by atoms with Gasteiger partial charge in [-0.15, -0.1) is 0 Å². The molecule has 20 heavy (non-hydrogen) atoms. The molecule has 2 aromatic rings. The summed E-state index contributed by atoms with van der Waals surface area (Å²) in [5.74, 6) is -1.70. The molecule has 0 saturated carbocycles. The first-order valence-electron chi connectivity index (χ1n) is 6.06. The lowest BCUT2D eigenvalue weighted by Crippen LogP contribution is -2.24. The molecule has 4 nitrogen and oxygen atoms in total. The summed E-state index contributed by atoms with van der Waals surface area (Å²) in [6.07, 6.45) is 0. The molecule has 2 rings (SSSR count). The Morgan fingerprint density at radius 2 is 1.85 bits per heavy atom. The van der Waals surface area contributed by atoms with Gasteiger partial charge in [-0.05, 0) is 44.0 Å². The molecule has 0 fully saturated rings. The number of hydrogen-bond donors (Lipinski definition) is 1. The Bertz CT molecular complexity index is 762. The minimum absolute atomic E-state index is 0.0181. The maximum Gasteiger partial charge on any atom is 0.337 e. The fourth-order valence-electron chi connectivity index (χ4n) is 2.30. The van der Waals surface area contributed by atoms with Gasteiger partial charge in [0.1, 0.15) is 5.82 Å². The van der Waals surface area contributed by atoms with Crippen molar-refractivity contribution in [2.24, 2.45) is 0 Å². The maximum atomic E-state index is 14.0. The van der Waals surface area contributed by atoms with Crippen molar-refractivity contribution in [1.29, 1.82) is 0 Å². The van der Waals surface area contributed by atoms with Crippen molar-refractivity contribution in [2.45, 2.75) is 20.8 Å². The zero-order valence-corrected chi connectivity index (χ0v) is 11.4. The highest BCUT2D eigenvalue weighted by Crippen LogP contribution is 2.19. The van der Waals surface area contributed by atoms with Gasteiger partial charge >= 0.3 is 5.97 Å². The Hall–Kier alpha value is -2.43. The van der Waals surface area contributed by atoms with E-state index in [4.69, 9.17) is 0 Å². The van der Waals surface area contributed by atoms with E-state index in [0.29, 0.717) is 5.56 Å². The number of aryl methyl sites for hydroxylation is 2. The van der Waals surface area contributed by atoms with Gasteiger partial charge in [-0.25, -0.2) is 9.18 Å². The van der Waals surface area contributed by atoms with Crippen LogP contribution in [0.4, 0.5) is 4.39 Å². The van der Waals surface area contributed by atoms with Crippen molar-refractivity contribution in [3.8, 4) is 5.69 Å². The predicted molar refractivity (Wildman–Crippen MR) is 73.2 cm³/mol. The zero-order valence-electron chi connectivity index (χ0n) is 11.4. The summed E-state index contributed by atoms with van der Waals surface area (Å²) in [6.45, 7) is 4.78. The summed E-state index contributed by atoms with van der Waals surface area (Å²) in [7, 11) is 0. The molecule has 0 unspecified atom stereocenters. The van der Waals surface area contributed by atoms with Gasteiger partial charge in [0.2, 0.25) is 0 Å². The number of halogens is 1. The fraction of sp³-hybridized carbons (Fsp3) is 0.200. The molecule has 0 atom stereocenters. The van der Waals surface area contributed by atoms with Crippen LogP contribution < -0.4 is 5.56 Å². The molecule has 0 radical (unpaired) electrons. The molecule has 1 N–H and O–H groups in total. The van der Waals surface area contributed by atoms with Crippen molar-refractivity contribution in [3.63, 3.8) is 0 Å². The molecule has 0 spiro atoms. The van der Waals surface area contributed by atoms with Gasteiger partial charge in [0.05, 0.1) is 11.3 Å². The molecule has 1 heterocycles. The van der Waals surface area contributed by atoms with Crippen LogP contribution in [0.5, 0.6) is 0 Å². The summed E-state index contributed by atoms with van der Waals surface area (Å²) < 4.78 is 15.1. The van der Waals surface area contributed by atoms with Crippen LogP contribution in [0, 0.1) is 26.6 Å². The lowest BCUT2D eigenvalue weighted by molar-refractivity contribution is 0.0694. The Kier molecular flexibility index (Phi) is 3.44. The third-order valence-corrected chi connectivity index (χ3v) is 3.21. The van der Waals surface area contributed by atoms with E-state index in [1.54, 1.807) is 19.9 Å². The zero-order chi connectivity index (χ0) is 15.0. The number of pyridine rings is 1. The van der Waals surface area contributed by atoms with E-state index in [9.17, 15) is 19.1 Å². The highest BCUT2D eigenvalue weighted by molar-refractivity contribution is 5.90. The van der Waals surface area contributed by atoms with Crippen LogP contribution in [-0.2, 0) is 0 Å². The first-order chi connectivity index (χ1) is 9.32. The number of carbonyl (C=O) groups is 1. The monoisotopic (exact) mass is 275 g/mol. The normalized spacial score (nSPS) is 10.6. The van der Waals surface area contributed by atoms with Crippen LogP contribution in [0.15, 0.2) is 29.1 Å². The van der Waals surface area contributed by atoms with E-state index in [1.807, 2.05) is 0 Å². The molecule has 0 amide bonds. The van der Waals surface area contributed by atoms with Gasteiger partial charge in [0.15, 0.2) is 0 Å². The number of carboxylic acid groups (broad SMARTS) is 1. The quantitative estimate of drug-likeness (QED) is 0.916. The third-order valence-electron chi connectivity index (χ3n) is 3.21. The van der Waals surface area contributed by atoms with Crippen molar-refractivity contribution in [1.82, 2.24) is 4.57 Å². The highest BCUT2D eigenvalue weighted by atomic mass is 19.1. The minimum Gasteiger partial charge on any atom is -0.478 e. The fourth-order valence-corrected chi connectivity index (χ4v) is 2.30. The van der Waals surface area contributed by atoms with Crippen LogP contribution in [-0.4, -0.2) is 15.6 Å². The first-order valence-corrected chi connectivity index (χ1v) is 6.06. The van der Waals surface area contributed by atoms with Gasteiger partial charge in [0.25, 0.3) is 5.56 Å². The molecule has 0 aliphatic carbocycles. The second-order valence-electron chi connectivity index (χ2n) is 4.72. The predicted octanol–water partition coefficient (Wildman–Crippen LogP) is 2.60. The molecule has 1 aromatic heterocycles. The number of carboxylic acids is 1. The number of aromatic nitrogens is 1. The second-order valence-corrected chi connectivity index (χ2v) is 4.72. The number of benzene rings is 1. The number of nitrogens with zero attached hydrogens (tertiary/aromatic N) is 1. The smallest absolute Gasteiger partial charge is 0.337 e. The molecule has 0 bridgehead atoms. The van der Waals surface area contributed by atoms with Crippen LogP contribution in [0.1, 0.15) is 27.2 Å². The molecule has 0 aliphatic heterocycles. The summed E-state index contributed by atoms with van der Waals surface area (Å²) in [5.41, 5.74) is 0.925. The molecular weight excluding hydrogens is 261 g/mol. The molecule has 5 heteroatoms. The molecule has 0 aliphatic rings. The Labute approximate surface area is 115 Å². The van der Waals surface area contributed by atoms with E-state index < -0.39 is 17.3 Å². The molecule has 104 valence electrons. The Balaban J connectivity index is 2.84. The summed E-state index contributed by atoms with van der Waals surface area (Å²) in [6, 6.07) is 5.65. The van der Waals surface area contributed by atoms with E-state index >= 15 is 0 Å². The standard InChI is InChI=1S/C15H14FNO3/c1-8-4-5-12(11(16)6-8)17-10(3)14(15(19)20)9(2)7-13(17)18/h4-7H,1-3H3,(H,19,20). The first kappa shape index (κ1) is 14.0. The van der Waals surface area contributed by atoms with Crippen LogP contribution in [0.2, 0.25) is 0 Å². The van der Waals surface area contributed by atoms with E-state index in [-0.39, 0.29) is 16.9 Å². The van der Waals surface area contributed by atoms with Gasteiger partial charge in [0, 0.05) is 11.8 Å². The largest absolute Gasteiger partial charge is 0.478 e.